The quantitative estimate of drug-likeness (QED) is 0.547. The van der Waals surface area contributed by atoms with Gasteiger partial charge >= 0.3 is 0 Å². The van der Waals surface area contributed by atoms with Gasteiger partial charge in [0.1, 0.15) is 11.9 Å². The van der Waals surface area contributed by atoms with Crippen LogP contribution in [0.25, 0.3) is 0 Å². The van der Waals surface area contributed by atoms with Gasteiger partial charge in [-0.15, -0.1) is 0 Å². The molecule has 0 radical (unpaired) electrons. The van der Waals surface area contributed by atoms with Gasteiger partial charge in [0.05, 0.1) is 10.6 Å². The second-order valence-corrected chi connectivity index (χ2v) is 11.0. The lowest BCUT2D eigenvalue weighted by molar-refractivity contribution is -0.119. The van der Waals surface area contributed by atoms with Gasteiger partial charge in [-0.25, -0.2) is 13.4 Å². The summed E-state index contributed by atoms with van der Waals surface area (Å²) in [6.45, 7) is 5.49. The van der Waals surface area contributed by atoms with Crippen molar-refractivity contribution in [3.05, 3.63) is 36.4 Å². The largest absolute Gasteiger partial charge is 0.385 e. The third-order valence-electron chi connectivity index (χ3n) is 6.60. The summed E-state index contributed by atoms with van der Waals surface area (Å²) in [6, 6.07) is 10.1. The first-order valence-electron chi connectivity index (χ1n) is 11.8. The summed E-state index contributed by atoms with van der Waals surface area (Å²) in [6.07, 6.45) is 0.767. The number of piperazine rings is 1. The van der Waals surface area contributed by atoms with E-state index in [1.807, 2.05) is 31.0 Å². The summed E-state index contributed by atoms with van der Waals surface area (Å²) in [5.74, 6) is 1.30. The normalized spacial score (nSPS) is 19.7. The van der Waals surface area contributed by atoms with Crippen LogP contribution in [0.4, 0.5) is 23.0 Å². The predicted molar refractivity (Wildman–Crippen MR) is 137 cm³/mol. The van der Waals surface area contributed by atoms with Crippen LogP contribution in [0.3, 0.4) is 0 Å². The molecule has 1 N–H and O–H groups in total. The van der Waals surface area contributed by atoms with Crippen molar-refractivity contribution < 1.29 is 17.9 Å². The lowest BCUT2D eigenvalue weighted by Gasteiger charge is -2.39. The molecule has 10 nitrogen and oxygen atoms in total. The number of rotatable bonds is 8. The van der Waals surface area contributed by atoms with Crippen molar-refractivity contribution in [1.82, 2.24) is 14.2 Å². The first kappa shape index (κ1) is 25.4. The van der Waals surface area contributed by atoms with E-state index in [1.165, 1.54) is 4.31 Å². The Hall–Kier alpha value is -2.73. The maximum Gasteiger partial charge on any atom is 0.249 e. The summed E-state index contributed by atoms with van der Waals surface area (Å²) >= 11 is 0. The molecule has 3 heterocycles. The number of ether oxygens (including phenoxy) is 1. The Kier molecular flexibility index (Phi) is 7.60. The number of nitrogens with zero attached hydrogens (tertiary/aromatic N) is 5. The van der Waals surface area contributed by atoms with E-state index in [0.29, 0.717) is 56.7 Å². The minimum Gasteiger partial charge on any atom is -0.385 e. The molecular formula is C24H34N6O4S. The molecule has 1 amide bonds. The van der Waals surface area contributed by atoms with E-state index in [1.54, 1.807) is 43.3 Å². The number of hydrogen-bond donors (Lipinski definition) is 1. The Balaban J connectivity index is 1.58. The zero-order chi connectivity index (χ0) is 25.2. The molecule has 0 unspecified atom stereocenters. The van der Waals surface area contributed by atoms with E-state index in [4.69, 9.17) is 9.72 Å². The highest BCUT2D eigenvalue weighted by Crippen LogP contribution is 2.35. The summed E-state index contributed by atoms with van der Waals surface area (Å²) in [4.78, 5) is 23.5. The highest BCUT2D eigenvalue weighted by Gasteiger charge is 2.34. The van der Waals surface area contributed by atoms with Crippen LogP contribution in [0.5, 0.6) is 0 Å². The van der Waals surface area contributed by atoms with Gasteiger partial charge in [-0.05, 0) is 50.7 Å². The van der Waals surface area contributed by atoms with Crippen molar-refractivity contribution in [3.63, 3.8) is 0 Å². The number of aromatic nitrogens is 1. The Morgan fingerprint density at radius 2 is 1.86 bits per heavy atom. The van der Waals surface area contributed by atoms with Crippen LogP contribution in [-0.4, -0.2) is 95.1 Å². The van der Waals surface area contributed by atoms with Gasteiger partial charge < -0.3 is 24.8 Å². The van der Waals surface area contributed by atoms with Crippen LogP contribution >= 0.6 is 0 Å². The summed E-state index contributed by atoms with van der Waals surface area (Å²) in [7, 11) is 1.83. The number of benzene rings is 1. The standard InChI is InChI=1S/C24H34N6O4S/c1-18-24(31)28(3)21-9-10-22(26-23(21)30(18)11-6-16-34-4)25-19-7-5-8-20(17-19)35(32,33)29-14-12-27(2)13-15-29/h5,7-10,17-18H,6,11-16H2,1-4H3,(H,25,26)/t18-/m1/s1. The zero-order valence-corrected chi connectivity index (χ0v) is 21.6. The highest BCUT2D eigenvalue weighted by molar-refractivity contribution is 7.89. The van der Waals surface area contributed by atoms with Gasteiger partial charge in [-0.3, -0.25) is 4.79 Å². The van der Waals surface area contributed by atoms with Crippen LogP contribution in [0, 0.1) is 0 Å². The molecular weight excluding hydrogens is 468 g/mol. The summed E-state index contributed by atoms with van der Waals surface area (Å²) < 4.78 is 33.1. The van der Waals surface area contributed by atoms with E-state index in [9.17, 15) is 13.2 Å². The topological polar surface area (TPSA) is 98.3 Å². The molecule has 2 aromatic rings. The van der Waals surface area contributed by atoms with Gasteiger partial charge in [0.15, 0.2) is 5.82 Å². The molecule has 35 heavy (non-hydrogen) atoms. The molecule has 0 spiro atoms. The van der Waals surface area contributed by atoms with Crippen LogP contribution < -0.4 is 15.1 Å². The van der Waals surface area contributed by atoms with Crippen molar-refractivity contribution in [2.45, 2.75) is 24.3 Å². The first-order valence-corrected chi connectivity index (χ1v) is 13.3. The van der Waals surface area contributed by atoms with Gasteiger partial charge in [-0.2, -0.15) is 4.31 Å². The van der Waals surface area contributed by atoms with Crippen LogP contribution in [0.2, 0.25) is 0 Å². The lowest BCUT2D eigenvalue weighted by Crippen LogP contribution is -2.51. The Morgan fingerprint density at radius 3 is 2.57 bits per heavy atom. The SMILES string of the molecule is COCCCN1c2nc(Nc3cccc(S(=O)(=O)N4CCN(C)CC4)c3)ccc2N(C)C(=O)[C@H]1C. The third kappa shape index (κ3) is 5.27. The lowest BCUT2D eigenvalue weighted by atomic mass is 10.1. The molecule has 1 atom stereocenters. The smallest absolute Gasteiger partial charge is 0.249 e. The van der Waals surface area contributed by atoms with Crippen molar-refractivity contribution in [2.75, 3.05) is 75.7 Å². The van der Waals surface area contributed by atoms with E-state index in [-0.39, 0.29) is 16.8 Å². The number of hydrogen-bond acceptors (Lipinski definition) is 8. The van der Waals surface area contributed by atoms with E-state index < -0.39 is 10.0 Å². The number of anilines is 4. The number of likely N-dealkylation sites (N-methyl/N-ethyl adjacent to an activating group) is 2. The van der Waals surface area contributed by atoms with Crippen LogP contribution in [-0.2, 0) is 19.6 Å². The highest BCUT2D eigenvalue weighted by atomic mass is 32.2. The minimum absolute atomic E-state index is 0.0132. The number of fused-ring (bicyclic) bond motifs is 1. The molecule has 0 bridgehead atoms. The van der Waals surface area contributed by atoms with Crippen LogP contribution in [0.1, 0.15) is 13.3 Å². The monoisotopic (exact) mass is 502 g/mol. The first-order chi connectivity index (χ1) is 16.7. The Morgan fingerprint density at radius 1 is 1.11 bits per heavy atom. The maximum atomic E-state index is 13.2. The predicted octanol–water partition coefficient (Wildman–Crippen LogP) is 1.97. The van der Waals surface area contributed by atoms with E-state index in [2.05, 4.69) is 10.2 Å². The fourth-order valence-electron chi connectivity index (χ4n) is 4.44. The molecule has 1 aromatic carbocycles. The Labute approximate surface area is 207 Å². The molecule has 1 saturated heterocycles. The number of amides is 1. The molecule has 190 valence electrons. The number of carbonyl (C=O) groups excluding carboxylic acids is 1. The summed E-state index contributed by atoms with van der Waals surface area (Å²) in [5.41, 5.74) is 1.37. The molecule has 1 aromatic heterocycles. The molecule has 1 fully saturated rings. The van der Waals surface area contributed by atoms with Crippen molar-refractivity contribution in [3.8, 4) is 0 Å². The molecule has 0 aliphatic carbocycles. The van der Waals surface area contributed by atoms with Crippen molar-refractivity contribution in [2.24, 2.45) is 0 Å². The van der Waals surface area contributed by atoms with E-state index >= 15 is 0 Å². The number of methoxy groups -OCH3 is 1. The van der Waals surface area contributed by atoms with Crippen molar-refractivity contribution in [1.29, 1.82) is 0 Å². The zero-order valence-electron chi connectivity index (χ0n) is 20.8. The molecule has 11 heteroatoms. The molecule has 2 aliphatic heterocycles. The van der Waals surface area contributed by atoms with Gasteiger partial charge in [-0.1, -0.05) is 6.07 Å². The van der Waals surface area contributed by atoms with Crippen LogP contribution in [0.15, 0.2) is 41.3 Å². The number of nitrogens with one attached hydrogen (secondary N) is 1. The number of pyridine rings is 1. The fraction of sp³-hybridized carbons (Fsp3) is 0.500. The molecule has 0 saturated carbocycles. The van der Waals surface area contributed by atoms with E-state index in [0.717, 1.165) is 12.1 Å². The van der Waals surface area contributed by atoms with Gasteiger partial charge in [0.25, 0.3) is 0 Å². The second kappa shape index (κ2) is 10.5. The maximum absolute atomic E-state index is 13.2. The minimum atomic E-state index is -3.57. The number of carbonyl (C=O) groups is 1. The van der Waals surface area contributed by atoms with Gasteiger partial charge in [0, 0.05) is 59.2 Å². The van der Waals surface area contributed by atoms with Gasteiger partial charge in [0.2, 0.25) is 15.9 Å². The molecule has 4 rings (SSSR count). The second-order valence-electron chi connectivity index (χ2n) is 9.01. The Bertz CT molecular complexity index is 1170. The average Bonchev–Trinajstić information content (AvgIpc) is 2.85. The number of sulfonamides is 1. The third-order valence-corrected chi connectivity index (χ3v) is 8.49. The fourth-order valence-corrected chi connectivity index (χ4v) is 5.91. The molecule has 2 aliphatic rings. The van der Waals surface area contributed by atoms with Crippen molar-refractivity contribution >= 4 is 38.9 Å². The average molecular weight is 503 g/mol. The summed E-state index contributed by atoms with van der Waals surface area (Å²) in [5, 5.41) is 3.25.